The largest absolute Gasteiger partial charge is 0.318 e. The Morgan fingerprint density at radius 2 is 2.15 bits per heavy atom. The van der Waals surface area contributed by atoms with E-state index in [4.69, 9.17) is 0 Å². The van der Waals surface area contributed by atoms with Crippen molar-refractivity contribution in [1.29, 1.82) is 0 Å². The molecule has 1 aliphatic rings. The fraction of sp³-hybridized carbons (Fsp3) is 0.471. The highest BCUT2D eigenvalue weighted by molar-refractivity contribution is 5.81. The minimum Gasteiger partial charge on any atom is -0.318 e. The van der Waals surface area contributed by atoms with Crippen LogP contribution in [-0.4, -0.2) is 36.1 Å². The first kappa shape index (κ1) is 13.5. The van der Waals surface area contributed by atoms with Gasteiger partial charge in [-0.2, -0.15) is 0 Å². The van der Waals surface area contributed by atoms with Crippen molar-refractivity contribution < 1.29 is 0 Å². The zero-order valence-electron chi connectivity index (χ0n) is 12.2. The standard InChI is InChI=1S/C17H23N3/c1-18-12-15-6-4-5-11-20(15)13-14-9-10-19-17-8-3-2-7-16(14)17/h2-3,7-10,15,18H,4-6,11-13H2,1H3. The number of benzene rings is 1. The van der Waals surface area contributed by atoms with Gasteiger partial charge in [-0.05, 0) is 44.1 Å². The first-order chi connectivity index (χ1) is 9.88. The summed E-state index contributed by atoms with van der Waals surface area (Å²) in [6, 6.07) is 11.3. The average Bonchev–Trinajstić information content (AvgIpc) is 2.50. The highest BCUT2D eigenvalue weighted by Gasteiger charge is 2.22. The van der Waals surface area contributed by atoms with Gasteiger partial charge in [-0.25, -0.2) is 0 Å². The molecule has 0 saturated carbocycles. The molecular weight excluding hydrogens is 246 g/mol. The lowest BCUT2D eigenvalue weighted by Crippen LogP contribution is -2.44. The maximum absolute atomic E-state index is 4.46. The number of hydrogen-bond donors (Lipinski definition) is 1. The van der Waals surface area contributed by atoms with Crippen molar-refractivity contribution in [3.05, 3.63) is 42.1 Å². The molecular formula is C17H23N3. The topological polar surface area (TPSA) is 28.2 Å². The Bertz CT molecular complexity index is 560. The quantitative estimate of drug-likeness (QED) is 0.925. The first-order valence-corrected chi connectivity index (χ1v) is 7.60. The van der Waals surface area contributed by atoms with Crippen LogP contribution in [0.5, 0.6) is 0 Å². The van der Waals surface area contributed by atoms with Gasteiger partial charge in [-0.1, -0.05) is 24.6 Å². The number of nitrogens with one attached hydrogen (secondary N) is 1. The van der Waals surface area contributed by atoms with Crippen LogP contribution in [0.2, 0.25) is 0 Å². The van der Waals surface area contributed by atoms with Crippen LogP contribution < -0.4 is 5.32 Å². The third-order valence-electron chi connectivity index (χ3n) is 4.30. The predicted octanol–water partition coefficient (Wildman–Crippen LogP) is 2.81. The van der Waals surface area contributed by atoms with Crippen LogP contribution in [0.25, 0.3) is 10.9 Å². The zero-order chi connectivity index (χ0) is 13.8. The minimum atomic E-state index is 0.667. The number of para-hydroxylation sites is 1. The van der Waals surface area contributed by atoms with Crippen molar-refractivity contribution in [1.82, 2.24) is 15.2 Å². The average molecular weight is 269 g/mol. The third-order valence-corrected chi connectivity index (χ3v) is 4.30. The molecule has 1 fully saturated rings. The van der Waals surface area contributed by atoms with Gasteiger partial charge in [0.15, 0.2) is 0 Å². The minimum absolute atomic E-state index is 0.667. The van der Waals surface area contributed by atoms with E-state index in [1.54, 1.807) is 0 Å². The smallest absolute Gasteiger partial charge is 0.0705 e. The van der Waals surface area contributed by atoms with Gasteiger partial charge in [0.05, 0.1) is 5.52 Å². The van der Waals surface area contributed by atoms with E-state index in [1.165, 1.54) is 36.8 Å². The molecule has 1 unspecified atom stereocenters. The molecule has 1 N–H and O–H groups in total. The summed E-state index contributed by atoms with van der Waals surface area (Å²) >= 11 is 0. The van der Waals surface area contributed by atoms with E-state index in [0.717, 1.165) is 18.6 Å². The van der Waals surface area contributed by atoms with E-state index in [1.807, 2.05) is 6.20 Å². The van der Waals surface area contributed by atoms with Crippen molar-refractivity contribution in [2.75, 3.05) is 20.1 Å². The van der Waals surface area contributed by atoms with Crippen molar-refractivity contribution in [2.24, 2.45) is 0 Å². The van der Waals surface area contributed by atoms with E-state index in [9.17, 15) is 0 Å². The molecule has 20 heavy (non-hydrogen) atoms. The van der Waals surface area contributed by atoms with Crippen LogP contribution >= 0.6 is 0 Å². The lowest BCUT2D eigenvalue weighted by atomic mass is 10.00. The van der Waals surface area contributed by atoms with E-state index >= 15 is 0 Å². The molecule has 3 rings (SSSR count). The summed E-state index contributed by atoms with van der Waals surface area (Å²) in [5.74, 6) is 0. The molecule has 0 spiro atoms. The highest BCUT2D eigenvalue weighted by Crippen LogP contribution is 2.23. The van der Waals surface area contributed by atoms with E-state index in [2.05, 4.69) is 52.6 Å². The predicted molar refractivity (Wildman–Crippen MR) is 83.7 cm³/mol. The van der Waals surface area contributed by atoms with Gasteiger partial charge in [-0.3, -0.25) is 9.88 Å². The second-order valence-electron chi connectivity index (χ2n) is 5.66. The molecule has 0 aliphatic carbocycles. The number of fused-ring (bicyclic) bond motifs is 1. The number of piperidine rings is 1. The van der Waals surface area contributed by atoms with Crippen LogP contribution in [0.1, 0.15) is 24.8 Å². The second-order valence-corrected chi connectivity index (χ2v) is 5.66. The van der Waals surface area contributed by atoms with Gasteiger partial charge in [0.1, 0.15) is 0 Å². The first-order valence-electron chi connectivity index (χ1n) is 7.60. The molecule has 2 aromatic rings. The van der Waals surface area contributed by atoms with Crippen molar-refractivity contribution >= 4 is 10.9 Å². The van der Waals surface area contributed by atoms with Crippen molar-refractivity contribution in [3.63, 3.8) is 0 Å². The molecule has 0 amide bonds. The molecule has 1 saturated heterocycles. The Balaban J connectivity index is 1.84. The van der Waals surface area contributed by atoms with Gasteiger partial charge < -0.3 is 5.32 Å². The van der Waals surface area contributed by atoms with E-state index in [-0.39, 0.29) is 0 Å². The number of nitrogens with zero attached hydrogens (tertiary/aromatic N) is 2. The van der Waals surface area contributed by atoms with Crippen LogP contribution in [-0.2, 0) is 6.54 Å². The molecule has 3 nitrogen and oxygen atoms in total. The Morgan fingerprint density at radius 3 is 3.05 bits per heavy atom. The Kier molecular flexibility index (Phi) is 4.28. The SMILES string of the molecule is CNCC1CCCCN1Cc1ccnc2ccccc12. The lowest BCUT2D eigenvalue weighted by Gasteiger charge is -2.35. The molecule has 3 heteroatoms. The number of hydrogen-bond acceptors (Lipinski definition) is 3. The number of pyridine rings is 1. The molecule has 106 valence electrons. The highest BCUT2D eigenvalue weighted by atomic mass is 15.2. The van der Waals surface area contributed by atoms with Crippen molar-refractivity contribution in [3.8, 4) is 0 Å². The number of aromatic nitrogens is 1. The fourth-order valence-electron chi connectivity index (χ4n) is 3.25. The normalized spacial score (nSPS) is 20.4. The lowest BCUT2D eigenvalue weighted by molar-refractivity contribution is 0.140. The number of likely N-dealkylation sites (N-methyl/N-ethyl adjacent to an activating group) is 1. The summed E-state index contributed by atoms with van der Waals surface area (Å²) in [5, 5.41) is 4.63. The summed E-state index contributed by atoms with van der Waals surface area (Å²) in [7, 11) is 2.05. The summed E-state index contributed by atoms with van der Waals surface area (Å²) in [6.07, 6.45) is 5.93. The summed E-state index contributed by atoms with van der Waals surface area (Å²) in [4.78, 5) is 7.09. The molecule has 0 bridgehead atoms. The monoisotopic (exact) mass is 269 g/mol. The van der Waals surface area contributed by atoms with Gasteiger partial charge in [0, 0.05) is 30.7 Å². The summed E-state index contributed by atoms with van der Waals surface area (Å²) < 4.78 is 0. The van der Waals surface area contributed by atoms with Gasteiger partial charge in [-0.15, -0.1) is 0 Å². The Morgan fingerprint density at radius 1 is 1.25 bits per heavy atom. The van der Waals surface area contributed by atoms with Crippen molar-refractivity contribution in [2.45, 2.75) is 31.8 Å². The molecule has 2 heterocycles. The Labute approximate surface area is 121 Å². The second kappa shape index (κ2) is 6.33. The van der Waals surface area contributed by atoms with Gasteiger partial charge >= 0.3 is 0 Å². The number of likely N-dealkylation sites (tertiary alicyclic amines) is 1. The Hall–Kier alpha value is -1.45. The molecule has 1 aliphatic heterocycles. The summed E-state index contributed by atoms with van der Waals surface area (Å²) in [6.45, 7) is 3.33. The van der Waals surface area contributed by atoms with Gasteiger partial charge in [0.2, 0.25) is 0 Å². The van der Waals surface area contributed by atoms with E-state index in [0.29, 0.717) is 6.04 Å². The third kappa shape index (κ3) is 2.84. The fourth-order valence-corrected chi connectivity index (χ4v) is 3.25. The zero-order valence-corrected chi connectivity index (χ0v) is 12.2. The van der Waals surface area contributed by atoms with Gasteiger partial charge in [0.25, 0.3) is 0 Å². The maximum atomic E-state index is 4.46. The van der Waals surface area contributed by atoms with Crippen LogP contribution in [0.15, 0.2) is 36.5 Å². The van der Waals surface area contributed by atoms with E-state index < -0.39 is 0 Å². The van der Waals surface area contributed by atoms with Crippen LogP contribution in [0.4, 0.5) is 0 Å². The summed E-state index contributed by atoms with van der Waals surface area (Å²) in [5.41, 5.74) is 2.51. The molecule has 0 radical (unpaired) electrons. The molecule has 1 aromatic carbocycles. The van der Waals surface area contributed by atoms with Crippen LogP contribution in [0.3, 0.4) is 0 Å². The number of rotatable bonds is 4. The molecule has 1 atom stereocenters. The van der Waals surface area contributed by atoms with Crippen LogP contribution in [0, 0.1) is 0 Å². The maximum Gasteiger partial charge on any atom is 0.0705 e. The molecule has 1 aromatic heterocycles.